The lowest BCUT2D eigenvalue weighted by molar-refractivity contribution is -0.384. The maximum Gasteiger partial charge on any atom is 0.271 e. The quantitative estimate of drug-likeness (QED) is 0.389. The molecule has 0 fully saturated rings. The van der Waals surface area contributed by atoms with Crippen LogP contribution in [0.5, 0.6) is 0 Å². The van der Waals surface area contributed by atoms with Gasteiger partial charge in [0.1, 0.15) is 0 Å². The molecule has 0 aliphatic carbocycles. The van der Waals surface area contributed by atoms with Gasteiger partial charge in [-0.1, -0.05) is 18.2 Å². The van der Waals surface area contributed by atoms with Crippen molar-refractivity contribution in [3.63, 3.8) is 0 Å². The van der Waals surface area contributed by atoms with E-state index >= 15 is 0 Å². The predicted molar refractivity (Wildman–Crippen MR) is 99.2 cm³/mol. The van der Waals surface area contributed by atoms with Crippen LogP contribution in [-0.4, -0.2) is 15.8 Å². The van der Waals surface area contributed by atoms with Crippen molar-refractivity contribution in [2.24, 2.45) is 0 Å². The van der Waals surface area contributed by atoms with Crippen LogP contribution in [0.25, 0.3) is 0 Å². The van der Waals surface area contributed by atoms with E-state index in [4.69, 9.17) is 0 Å². The second-order valence-corrected chi connectivity index (χ2v) is 6.76. The predicted octanol–water partition coefficient (Wildman–Crippen LogP) is 4.60. The highest BCUT2D eigenvalue weighted by Gasteiger charge is 2.13. The van der Waals surface area contributed by atoms with Crippen molar-refractivity contribution in [1.29, 1.82) is 0 Å². The Morgan fingerprint density at radius 1 is 1.24 bits per heavy atom. The van der Waals surface area contributed by atoms with E-state index in [1.165, 1.54) is 41.3 Å². The zero-order valence-electron chi connectivity index (χ0n) is 12.9. The van der Waals surface area contributed by atoms with Gasteiger partial charge in [0, 0.05) is 33.8 Å². The number of nitrogens with zero attached hydrogens (tertiary/aromatic N) is 2. The van der Waals surface area contributed by atoms with Crippen molar-refractivity contribution in [1.82, 2.24) is 4.98 Å². The number of anilines is 1. The normalized spacial score (nSPS) is 10.4. The van der Waals surface area contributed by atoms with Crippen LogP contribution in [0.4, 0.5) is 11.4 Å². The number of amides is 1. The van der Waals surface area contributed by atoms with Crippen LogP contribution in [0.3, 0.4) is 0 Å². The van der Waals surface area contributed by atoms with E-state index < -0.39 is 4.92 Å². The molecule has 0 bridgehead atoms. The number of nitro groups is 1. The number of nitro benzene ring substituents is 1. The van der Waals surface area contributed by atoms with E-state index in [2.05, 4.69) is 10.3 Å². The van der Waals surface area contributed by atoms with E-state index in [1.807, 2.05) is 17.5 Å². The molecule has 6 nitrogen and oxygen atoms in total. The number of thioether (sulfide) groups is 1. The molecule has 1 aromatic heterocycles. The second kappa shape index (κ2) is 7.91. The highest BCUT2D eigenvalue weighted by atomic mass is 32.2. The Hall–Kier alpha value is -2.71. The zero-order valence-corrected chi connectivity index (χ0v) is 14.5. The molecule has 8 heteroatoms. The molecular weight excluding hydrogens is 358 g/mol. The first-order chi connectivity index (χ1) is 12.1. The summed E-state index contributed by atoms with van der Waals surface area (Å²) in [5.41, 5.74) is 3.58. The lowest BCUT2D eigenvalue weighted by Gasteiger charge is -2.09. The van der Waals surface area contributed by atoms with Gasteiger partial charge >= 0.3 is 0 Å². The first-order valence-corrected chi connectivity index (χ1v) is 9.21. The van der Waals surface area contributed by atoms with Gasteiger partial charge in [-0.3, -0.25) is 14.9 Å². The van der Waals surface area contributed by atoms with Gasteiger partial charge < -0.3 is 5.32 Å². The Balaban J connectivity index is 1.75. The summed E-state index contributed by atoms with van der Waals surface area (Å²) in [6, 6.07) is 13.1. The number of hydrogen-bond acceptors (Lipinski definition) is 6. The lowest BCUT2D eigenvalue weighted by atomic mass is 10.2. The molecule has 0 saturated heterocycles. The highest BCUT2D eigenvalue weighted by Crippen LogP contribution is 2.27. The highest BCUT2D eigenvalue weighted by molar-refractivity contribution is 7.98. The molecule has 0 unspecified atom stereocenters. The summed E-state index contributed by atoms with van der Waals surface area (Å²) in [5, 5.41) is 15.5. The maximum atomic E-state index is 12.6. The minimum atomic E-state index is -0.493. The molecule has 126 valence electrons. The largest absolute Gasteiger partial charge is 0.322 e. The topological polar surface area (TPSA) is 85.1 Å². The van der Waals surface area contributed by atoms with E-state index in [0.29, 0.717) is 17.0 Å². The van der Waals surface area contributed by atoms with E-state index in [-0.39, 0.29) is 11.6 Å². The summed E-state index contributed by atoms with van der Waals surface area (Å²) < 4.78 is 0. The minimum Gasteiger partial charge on any atom is -0.322 e. The molecule has 0 radical (unpaired) electrons. The number of hydrogen-bond donors (Lipinski definition) is 1. The first kappa shape index (κ1) is 17.1. The Kier molecular flexibility index (Phi) is 5.42. The summed E-state index contributed by atoms with van der Waals surface area (Å²) in [4.78, 5) is 28.0. The molecule has 0 saturated carbocycles. The van der Waals surface area contributed by atoms with Gasteiger partial charge in [-0.15, -0.1) is 23.1 Å². The number of nitrogens with one attached hydrogen (secondary N) is 1. The first-order valence-electron chi connectivity index (χ1n) is 7.28. The molecule has 2 aromatic carbocycles. The van der Waals surface area contributed by atoms with Crippen LogP contribution in [0.1, 0.15) is 16.1 Å². The van der Waals surface area contributed by atoms with Crippen LogP contribution >= 0.6 is 23.1 Å². The number of aromatic nitrogens is 1. The maximum absolute atomic E-state index is 12.6. The SMILES string of the molecule is O=C(Nc1cccc([N+](=O)[O-])c1)c1ccccc1SCc1cscn1. The molecule has 0 aliphatic rings. The number of rotatable bonds is 6. The molecule has 3 rings (SSSR count). The number of non-ortho nitro benzene ring substituents is 1. The van der Waals surface area contributed by atoms with Gasteiger partial charge in [0.25, 0.3) is 11.6 Å². The summed E-state index contributed by atoms with van der Waals surface area (Å²) >= 11 is 3.06. The molecule has 0 atom stereocenters. The third kappa shape index (κ3) is 4.43. The summed E-state index contributed by atoms with van der Waals surface area (Å²) in [7, 11) is 0. The fourth-order valence-electron chi connectivity index (χ4n) is 2.14. The average Bonchev–Trinajstić information content (AvgIpc) is 3.14. The van der Waals surface area contributed by atoms with Crippen molar-refractivity contribution >= 4 is 40.4 Å². The Bertz CT molecular complexity index is 898. The number of carbonyl (C=O) groups excluding carboxylic acids is 1. The van der Waals surface area contributed by atoms with Crippen LogP contribution < -0.4 is 5.32 Å². The Morgan fingerprint density at radius 2 is 2.08 bits per heavy atom. The number of carbonyl (C=O) groups is 1. The van der Waals surface area contributed by atoms with Crippen molar-refractivity contribution in [2.45, 2.75) is 10.6 Å². The van der Waals surface area contributed by atoms with Crippen LogP contribution in [-0.2, 0) is 5.75 Å². The van der Waals surface area contributed by atoms with Crippen molar-refractivity contribution in [3.05, 3.63) is 80.8 Å². The fraction of sp³-hybridized carbons (Fsp3) is 0.0588. The minimum absolute atomic E-state index is 0.0657. The molecule has 3 aromatic rings. The smallest absolute Gasteiger partial charge is 0.271 e. The Labute approximate surface area is 152 Å². The monoisotopic (exact) mass is 371 g/mol. The van der Waals surface area contributed by atoms with Gasteiger partial charge in [-0.2, -0.15) is 0 Å². The summed E-state index contributed by atoms with van der Waals surface area (Å²) in [6.07, 6.45) is 0. The zero-order chi connectivity index (χ0) is 17.6. The van der Waals surface area contributed by atoms with Gasteiger partial charge in [-0.05, 0) is 18.2 Å². The standard InChI is InChI=1S/C17H13N3O3S2/c21-17(19-12-4-3-5-14(8-12)20(22)23)15-6-1-2-7-16(15)25-10-13-9-24-11-18-13/h1-9,11H,10H2,(H,19,21). The Morgan fingerprint density at radius 3 is 2.84 bits per heavy atom. The fourth-order valence-corrected chi connectivity index (χ4v) is 3.75. The van der Waals surface area contributed by atoms with Crippen molar-refractivity contribution in [3.8, 4) is 0 Å². The van der Waals surface area contributed by atoms with Gasteiger partial charge in [0.15, 0.2) is 0 Å². The van der Waals surface area contributed by atoms with E-state index in [9.17, 15) is 14.9 Å². The van der Waals surface area contributed by atoms with E-state index in [0.717, 1.165) is 10.6 Å². The molecule has 1 heterocycles. The van der Waals surface area contributed by atoms with Crippen LogP contribution in [0.2, 0.25) is 0 Å². The van der Waals surface area contributed by atoms with Gasteiger partial charge in [0.2, 0.25) is 0 Å². The van der Waals surface area contributed by atoms with Crippen LogP contribution in [0, 0.1) is 10.1 Å². The van der Waals surface area contributed by atoms with Crippen molar-refractivity contribution in [2.75, 3.05) is 5.32 Å². The van der Waals surface area contributed by atoms with Crippen molar-refractivity contribution < 1.29 is 9.72 Å². The third-order valence-corrected chi connectivity index (χ3v) is 5.05. The average molecular weight is 371 g/mol. The molecular formula is C17H13N3O3S2. The summed E-state index contributed by atoms with van der Waals surface area (Å²) in [5.74, 6) is 0.367. The third-order valence-electron chi connectivity index (χ3n) is 3.31. The molecule has 0 spiro atoms. The second-order valence-electron chi connectivity index (χ2n) is 5.03. The molecule has 25 heavy (non-hydrogen) atoms. The van der Waals surface area contributed by atoms with E-state index in [1.54, 1.807) is 23.7 Å². The van der Waals surface area contributed by atoms with Gasteiger partial charge in [0.05, 0.1) is 21.7 Å². The van der Waals surface area contributed by atoms with Gasteiger partial charge in [-0.25, -0.2) is 4.98 Å². The molecule has 0 aliphatic heterocycles. The lowest BCUT2D eigenvalue weighted by Crippen LogP contribution is -2.13. The van der Waals surface area contributed by atoms with Crippen LogP contribution in [0.15, 0.2) is 64.3 Å². The number of thiazole rings is 1. The number of benzene rings is 2. The molecule has 1 amide bonds. The molecule has 1 N–H and O–H groups in total. The summed E-state index contributed by atoms with van der Waals surface area (Å²) in [6.45, 7) is 0.